The predicted octanol–water partition coefficient (Wildman–Crippen LogP) is 2.77. The maximum absolute atomic E-state index is 11.9. The third-order valence-corrected chi connectivity index (χ3v) is 3.12. The summed E-state index contributed by atoms with van der Waals surface area (Å²) in [6, 6.07) is 3.33. The highest BCUT2D eigenvalue weighted by molar-refractivity contribution is 9.10. The molecule has 1 N–H and O–H groups in total. The van der Waals surface area contributed by atoms with Crippen LogP contribution in [0.15, 0.2) is 29.3 Å². The van der Waals surface area contributed by atoms with Crippen molar-refractivity contribution >= 4 is 21.8 Å². The van der Waals surface area contributed by atoms with Crippen LogP contribution in [0.5, 0.6) is 11.5 Å². The molecule has 0 heterocycles. The lowest BCUT2D eigenvalue weighted by atomic mass is 10.2. The van der Waals surface area contributed by atoms with Gasteiger partial charge in [0.05, 0.1) is 14.2 Å². The minimum absolute atomic E-state index is 0.166. The van der Waals surface area contributed by atoms with E-state index in [1.807, 2.05) is 0 Å². The number of benzene rings is 1. The molecule has 1 aromatic rings. The molecule has 5 heteroatoms. The summed E-state index contributed by atoms with van der Waals surface area (Å²) < 4.78 is 11.1. The number of rotatable bonds is 6. The second-order valence-corrected chi connectivity index (χ2v) is 4.32. The Kier molecular flexibility index (Phi) is 5.71. The van der Waals surface area contributed by atoms with Gasteiger partial charge in [0.25, 0.3) is 5.91 Å². The van der Waals surface area contributed by atoms with E-state index < -0.39 is 0 Å². The molecule has 0 bridgehead atoms. The van der Waals surface area contributed by atoms with Crippen molar-refractivity contribution in [3.8, 4) is 11.5 Å². The Morgan fingerprint density at radius 1 is 1.39 bits per heavy atom. The van der Waals surface area contributed by atoms with Gasteiger partial charge in [-0.15, -0.1) is 6.58 Å². The molecule has 0 fully saturated rings. The first-order valence-corrected chi connectivity index (χ1v) is 6.24. The number of hydrogen-bond acceptors (Lipinski definition) is 3. The van der Waals surface area contributed by atoms with Crippen LogP contribution in [0.1, 0.15) is 16.8 Å². The molecule has 0 unspecified atom stereocenters. The van der Waals surface area contributed by atoms with Crippen LogP contribution in [0, 0.1) is 0 Å². The minimum Gasteiger partial charge on any atom is -0.495 e. The molecule has 0 spiro atoms. The van der Waals surface area contributed by atoms with E-state index >= 15 is 0 Å². The number of methoxy groups -OCH3 is 2. The highest BCUT2D eigenvalue weighted by atomic mass is 79.9. The zero-order chi connectivity index (χ0) is 13.5. The van der Waals surface area contributed by atoms with Gasteiger partial charge in [-0.1, -0.05) is 6.08 Å². The normalized spacial score (nSPS) is 9.72. The number of carbonyl (C=O) groups excluding carboxylic acids is 1. The van der Waals surface area contributed by atoms with Gasteiger partial charge in [-0.2, -0.15) is 0 Å². The summed E-state index contributed by atoms with van der Waals surface area (Å²) in [5.74, 6) is 0.951. The molecule has 1 rings (SSSR count). The SMILES string of the molecule is C=CCCNC(=O)c1cc(OC)c(Br)c(OC)c1. The molecule has 0 atom stereocenters. The number of nitrogens with one attached hydrogen (secondary N) is 1. The van der Waals surface area contributed by atoms with Crippen LogP contribution in [0.3, 0.4) is 0 Å². The van der Waals surface area contributed by atoms with E-state index in [1.165, 1.54) is 0 Å². The molecule has 0 aliphatic carbocycles. The van der Waals surface area contributed by atoms with Crippen LogP contribution in [-0.4, -0.2) is 26.7 Å². The van der Waals surface area contributed by atoms with E-state index in [0.29, 0.717) is 28.1 Å². The number of carbonyl (C=O) groups is 1. The Hall–Kier alpha value is -1.49. The topological polar surface area (TPSA) is 47.6 Å². The standard InChI is InChI=1S/C13H16BrNO3/c1-4-5-6-15-13(16)9-7-10(17-2)12(14)11(8-9)18-3/h4,7-8H,1,5-6H2,2-3H3,(H,15,16). The smallest absolute Gasteiger partial charge is 0.251 e. The lowest BCUT2D eigenvalue weighted by molar-refractivity contribution is 0.0953. The number of amides is 1. The largest absolute Gasteiger partial charge is 0.495 e. The van der Waals surface area contributed by atoms with Gasteiger partial charge in [0.15, 0.2) is 0 Å². The zero-order valence-electron chi connectivity index (χ0n) is 10.5. The van der Waals surface area contributed by atoms with Crippen LogP contribution in [-0.2, 0) is 0 Å². The first kappa shape index (κ1) is 14.6. The van der Waals surface area contributed by atoms with Crippen molar-refractivity contribution in [1.82, 2.24) is 5.32 Å². The second kappa shape index (κ2) is 7.06. The van der Waals surface area contributed by atoms with Crippen molar-refractivity contribution in [3.63, 3.8) is 0 Å². The Balaban J connectivity index is 2.94. The van der Waals surface area contributed by atoms with Crippen LogP contribution in [0.4, 0.5) is 0 Å². The Morgan fingerprint density at radius 2 is 1.94 bits per heavy atom. The summed E-state index contributed by atoms with van der Waals surface area (Å²) in [6.45, 7) is 4.16. The van der Waals surface area contributed by atoms with Gasteiger partial charge in [0.1, 0.15) is 16.0 Å². The molecule has 98 valence electrons. The fraction of sp³-hybridized carbons (Fsp3) is 0.308. The highest BCUT2D eigenvalue weighted by Crippen LogP contribution is 2.35. The van der Waals surface area contributed by atoms with E-state index in [0.717, 1.165) is 6.42 Å². The summed E-state index contributed by atoms with van der Waals surface area (Å²) in [5, 5.41) is 2.79. The molecule has 0 radical (unpaired) electrons. The van der Waals surface area contributed by atoms with E-state index in [1.54, 1.807) is 32.4 Å². The van der Waals surface area contributed by atoms with Gasteiger partial charge < -0.3 is 14.8 Å². The maximum Gasteiger partial charge on any atom is 0.251 e. The minimum atomic E-state index is -0.166. The average Bonchev–Trinajstić information content (AvgIpc) is 2.39. The maximum atomic E-state index is 11.9. The van der Waals surface area contributed by atoms with Gasteiger partial charge in [-0.3, -0.25) is 4.79 Å². The summed E-state index contributed by atoms with van der Waals surface area (Å²) in [5.41, 5.74) is 0.496. The van der Waals surface area contributed by atoms with Gasteiger partial charge in [-0.05, 0) is 34.5 Å². The lowest BCUT2D eigenvalue weighted by Crippen LogP contribution is -2.24. The van der Waals surface area contributed by atoms with Crippen molar-refractivity contribution in [3.05, 3.63) is 34.8 Å². The molecule has 0 aliphatic rings. The molecule has 1 amide bonds. The second-order valence-electron chi connectivity index (χ2n) is 3.53. The van der Waals surface area contributed by atoms with Gasteiger partial charge in [0.2, 0.25) is 0 Å². The van der Waals surface area contributed by atoms with E-state index in [9.17, 15) is 4.79 Å². The Bertz CT molecular complexity index is 421. The number of halogens is 1. The van der Waals surface area contributed by atoms with Crippen LogP contribution in [0.25, 0.3) is 0 Å². The zero-order valence-corrected chi connectivity index (χ0v) is 12.0. The molecule has 1 aromatic carbocycles. The van der Waals surface area contributed by atoms with Crippen molar-refractivity contribution < 1.29 is 14.3 Å². The molecular formula is C13H16BrNO3. The predicted molar refractivity (Wildman–Crippen MR) is 74.4 cm³/mol. The van der Waals surface area contributed by atoms with Gasteiger partial charge in [0, 0.05) is 12.1 Å². The molecule has 0 aromatic heterocycles. The van der Waals surface area contributed by atoms with Gasteiger partial charge in [-0.25, -0.2) is 0 Å². The van der Waals surface area contributed by atoms with Crippen LogP contribution < -0.4 is 14.8 Å². The van der Waals surface area contributed by atoms with Crippen molar-refractivity contribution in [2.45, 2.75) is 6.42 Å². The molecule has 0 aliphatic heterocycles. The number of ether oxygens (including phenoxy) is 2. The lowest BCUT2D eigenvalue weighted by Gasteiger charge is -2.11. The summed E-state index contributed by atoms with van der Waals surface area (Å²) >= 11 is 3.35. The van der Waals surface area contributed by atoms with Crippen LogP contribution >= 0.6 is 15.9 Å². The van der Waals surface area contributed by atoms with Gasteiger partial charge >= 0.3 is 0 Å². The third-order valence-electron chi connectivity index (χ3n) is 2.34. The quantitative estimate of drug-likeness (QED) is 0.649. The molecular weight excluding hydrogens is 298 g/mol. The first-order chi connectivity index (χ1) is 8.63. The Labute approximate surface area is 115 Å². The summed E-state index contributed by atoms with van der Waals surface area (Å²) in [4.78, 5) is 11.9. The molecule has 4 nitrogen and oxygen atoms in total. The van der Waals surface area contributed by atoms with E-state index in [4.69, 9.17) is 9.47 Å². The van der Waals surface area contributed by atoms with Crippen LogP contribution in [0.2, 0.25) is 0 Å². The summed E-state index contributed by atoms with van der Waals surface area (Å²) in [6.07, 6.45) is 2.49. The van der Waals surface area contributed by atoms with Crippen molar-refractivity contribution in [2.24, 2.45) is 0 Å². The highest BCUT2D eigenvalue weighted by Gasteiger charge is 2.14. The average molecular weight is 314 g/mol. The van der Waals surface area contributed by atoms with E-state index in [2.05, 4.69) is 27.8 Å². The first-order valence-electron chi connectivity index (χ1n) is 5.44. The van der Waals surface area contributed by atoms with Crippen molar-refractivity contribution in [2.75, 3.05) is 20.8 Å². The van der Waals surface area contributed by atoms with E-state index in [-0.39, 0.29) is 5.91 Å². The fourth-order valence-electron chi connectivity index (χ4n) is 1.39. The fourth-order valence-corrected chi connectivity index (χ4v) is 1.94. The molecule has 0 saturated heterocycles. The van der Waals surface area contributed by atoms with Crippen molar-refractivity contribution in [1.29, 1.82) is 0 Å². The summed E-state index contributed by atoms with van der Waals surface area (Å²) in [7, 11) is 3.08. The monoisotopic (exact) mass is 313 g/mol. The third kappa shape index (κ3) is 3.50. The molecule has 18 heavy (non-hydrogen) atoms. The Morgan fingerprint density at radius 3 is 2.39 bits per heavy atom. The number of hydrogen-bond donors (Lipinski definition) is 1. The molecule has 0 saturated carbocycles.